The van der Waals surface area contributed by atoms with Gasteiger partial charge in [0.1, 0.15) is 5.75 Å². The Balaban J connectivity index is 1.51. The Kier molecular flexibility index (Phi) is 7.48. The first kappa shape index (κ1) is 19.6. The number of thiocarbonyl (C=S) groups is 1. The minimum atomic E-state index is 0.326. The van der Waals surface area contributed by atoms with E-state index in [0.717, 1.165) is 43.5 Å². The van der Waals surface area contributed by atoms with E-state index < -0.39 is 0 Å². The lowest BCUT2D eigenvalue weighted by molar-refractivity contribution is 0.245. The van der Waals surface area contributed by atoms with Crippen LogP contribution >= 0.6 is 12.2 Å². The molecular formula is C22H29N3OS. The van der Waals surface area contributed by atoms with Crippen molar-refractivity contribution in [2.45, 2.75) is 25.3 Å². The Morgan fingerprint density at radius 1 is 1.04 bits per heavy atom. The van der Waals surface area contributed by atoms with Crippen molar-refractivity contribution in [3.8, 4) is 5.75 Å². The van der Waals surface area contributed by atoms with Crippen LogP contribution in [0.15, 0.2) is 54.6 Å². The Labute approximate surface area is 167 Å². The molecule has 1 aliphatic heterocycles. The van der Waals surface area contributed by atoms with E-state index in [1.54, 1.807) is 7.11 Å². The summed E-state index contributed by atoms with van der Waals surface area (Å²) in [6, 6.07) is 19.2. The lowest BCUT2D eigenvalue weighted by atomic mass is 10.1. The maximum Gasteiger partial charge on any atom is 0.166 e. The molecule has 0 amide bonds. The number of methoxy groups -OCH3 is 1. The van der Waals surface area contributed by atoms with Gasteiger partial charge in [-0.05, 0) is 67.8 Å². The summed E-state index contributed by atoms with van der Waals surface area (Å²) in [7, 11) is 1.70. The number of benzene rings is 2. The van der Waals surface area contributed by atoms with Crippen molar-refractivity contribution in [3.63, 3.8) is 0 Å². The third-order valence-electron chi connectivity index (χ3n) is 5.08. The standard InChI is InChI=1S/C22H29N3OS/c1-26-20-11-9-19(10-12-20)21(25-15-5-6-16-25)17-24-22(27)23-14-13-18-7-3-2-4-8-18/h2-4,7-12,21H,5-6,13-17H2,1H3,(H2,23,24,27)/t21-/m1/s1. The van der Waals surface area contributed by atoms with E-state index in [-0.39, 0.29) is 0 Å². The molecule has 1 atom stereocenters. The topological polar surface area (TPSA) is 36.5 Å². The summed E-state index contributed by atoms with van der Waals surface area (Å²) in [5.74, 6) is 0.894. The lowest BCUT2D eigenvalue weighted by Gasteiger charge is -2.29. The summed E-state index contributed by atoms with van der Waals surface area (Å²) in [6.07, 6.45) is 3.51. The Bertz CT molecular complexity index is 699. The van der Waals surface area contributed by atoms with E-state index >= 15 is 0 Å². The molecule has 2 aromatic rings. The summed E-state index contributed by atoms with van der Waals surface area (Å²) >= 11 is 5.49. The number of ether oxygens (including phenoxy) is 1. The SMILES string of the molecule is COc1ccc([C@@H](CNC(=S)NCCc2ccccc2)N2CCCC2)cc1. The quantitative estimate of drug-likeness (QED) is 0.682. The van der Waals surface area contributed by atoms with Crippen molar-refractivity contribution in [1.82, 2.24) is 15.5 Å². The van der Waals surface area contributed by atoms with Crippen LogP contribution < -0.4 is 15.4 Å². The van der Waals surface area contributed by atoms with Crippen molar-refractivity contribution >= 4 is 17.3 Å². The number of likely N-dealkylation sites (tertiary alicyclic amines) is 1. The average Bonchev–Trinajstić information content (AvgIpc) is 3.24. The fourth-order valence-electron chi connectivity index (χ4n) is 3.55. The molecule has 3 rings (SSSR count). The number of nitrogens with zero attached hydrogens (tertiary/aromatic N) is 1. The van der Waals surface area contributed by atoms with Crippen LogP contribution in [-0.2, 0) is 6.42 Å². The van der Waals surface area contributed by atoms with Crippen molar-refractivity contribution in [3.05, 3.63) is 65.7 Å². The van der Waals surface area contributed by atoms with Crippen LogP contribution in [-0.4, -0.2) is 43.3 Å². The van der Waals surface area contributed by atoms with Crippen LogP contribution in [0.25, 0.3) is 0 Å². The predicted octanol–water partition coefficient (Wildman–Crippen LogP) is 3.54. The highest BCUT2D eigenvalue weighted by Gasteiger charge is 2.23. The Morgan fingerprint density at radius 3 is 2.41 bits per heavy atom. The molecule has 0 bridgehead atoms. The molecule has 4 nitrogen and oxygen atoms in total. The lowest BCUT2D eigenvalue weighted by Crippen LogP contribution is -2.42. The minimum Gasteiger partial charge on any atom is -0.497 e. The number of hydrogen-bond acceptors (Lipinski definition) is 3. The molecule has 0 saturated carbocycles. The molecule has 2 aromatic carbocycles. The van der Waals surface area contributed by atoms with Crippen LogP contribution in [0, 0.1) is 0 Å². The van der Waals surface area contributed by atoms with Gasteiger partial charge in [-0.2, -0.15) is 0 Å². The first-order valence-corrected chi connectivity index (χ1v) is 10.1. The van der Waals surface area contributed by atoms with E-state index in [1.807, 2.05) is 18.2 Å². The van der Waals surface area contributed by atoms with Gasteiger partial charge in [-0.15, -0.1) is 0 Å². The Morgan fingerprint density at radius 2 is 1.74 bits per heavy atom. The van der Waals surface area contributed by atoms with Crippen LogP contribution in [0.5, 0.6) is 5.75 Å². The molecule has 0 unspecified atom stereocenters. The molecule has 2 N–H and O–H groups in total. The van der Waals surface area contributed by atoms with Crippen molar-refractivity contribution in [1.29, 1.82) is 0 Å². The summed E-state index contributed by atoms with van der Waals surface area (Å²) < 4.78 is 5.29. The van der Waals surface area contributed by atoms with Gasteiger partial charge in [0.15, 0.2) is 5.11 Å². The normalized spacial score (nSPS) is 15.3. The second-order valence-corrected chi connectivity index (χ2v) is 7.31. The molecule has 1 fully saturated rings. The zero-order valence-corrected chi connectivity index (χ0v) is 16.8. The highest BCUT2D eigenvalue weighted by atomic mass is 32.1. The number of nitrogens with one attached hydrogen (secondary N) is 2. The highest BCUT2D eigenvalue weighted by molar-refractivity contribution is 7.80. The van der Waals surface area contributed by atoms with Crippen molar-refractivity contribution in [2.75, 3.05) is 33.3 Å². The summed E-state index contributed by atoms with van der Waals surface area (Å²) in [6.45, 7) is 3.94. The van der Waals surface area contributed by atoms with Gasteiger partial charge >= 0.3 is 0 Å². The van der Waals surface area contributed by atoms with Crippen LogP contribution in [0.4, 0.5) is 0 Å². The largest absolute Gasteiger partial charge is 0.497 e. The van der Waals surface area contributed by atoms with Gasteiger partial charge in [0.25, 0.3) is 0 Å². The van der Waals surface area contributed by atoms with E-state index in [0.29, 0.717) is 6.04 Å². The summed E-state index contributed by atoms with van der Waals surface area (Å²) in [4.78, 5) is 2.54. The van der Waals surface area contributed by atoms with E-state index in [2.05, 4.69) is 51.9 Å². The molecule has 1 saturated heterocycles. The molecule has 1 heterocycles. The second kappa shape index (κ2) is 10.3. The van der Waals surface area contributed by atoms with Crippen molar-refractivity contribution in [2.24, 2.45) is 0 Å². The van der Waals surface area contributed by atoms with E-state index in [4.69, 9.17) is 17.0 Å². The van der Waals surface area contributed by atoms with Gasteiger partial charge in [0.05, 0.1) is 13.2 Å². The zero-order chi connectivity index (χ0) is 18.9. The van der Waals surface area contributed by atoms with Gasteiger partial charge in [-0.3, -0.25) is 4.90 Å². The third kappa shape index (κ3) is 5.94. The molecule has 0 radical (unpaired) electrons. The van der Waals surface area contributed by atoms with Gasteiger partial charge in [-0.25, -0.2) is 0 Å². The van der Waals surface area contributed by atoms with Gasteiger partial charge < -0.3 is 15.4 Å². The first-order chi connectivity index (χ1) is 13.3. The molecule has 0 aromatic heterocycles. The van der Waals surface area contributed by atoms with Gasteiger partial charge in [-0.1, -0.05) is 42.5 Å². The van der Waals surface area contributed by atoms with E-state index in [9.17, 15) is 0 Å². The van der Waals surface area contributed by atoms with Crippen LogP contribution in [0.1, 0.15) is 30.0 Å². The van der Waals surface area contributed by atoms with Crippen LogP contribution in [0.2, 0.25) is 0 Å². The van der Waals surface area contributed by atoms with Gasteiger partial charge in [0.2, 0.25) is 0 Å². The molecule has 1 aliphatic rings. The number of hydrogen-bond donors (Lipinski definition) is 2. The smallest absolute Gasteiger partial charge is 0.166 e. The first-order valence-electron chi connectivity index (χ1n) is 9.70. The van der Waals surface area contributed by atoms with Gasteiger partial charge in [0, 0.05) is 13.1 Å². The van der Waals surface area contributed by atoms with E-state index in [1.165, 1.54) is 24.0 Å². The fourth-order valence-corrected chi connectivity index (χ4v) is 3.74. The maximum absolute atomic E-state index is 5.49. The molecular weight excluding hydrogens is 354 g/mol. The monoisotopic (exact) mass is 383 g/mol. The fraction of sp³-hybridized carbons (Fsp3) is 0.409. The average molecular weight is 384 g/mol. The predicted molar refractivity (Wildman–Crippen MR) is 115 cm³/mol. The minimum absolute atomic E-state index is 0.326. The summed E-state index contributed by atoms with van der Waals surface area (Å²) in [5, 5.41) is 7.47. The summed E-state index contributed by atoms with van der Waals surface area (Å²) in [5.41, 5.74) is 2.62. The van der Waals surface area contributed by atoms with Crippen LogP contribution in [0.3, 0.4) is 0 Å². The highest BCUT2D eigenvalue weighted by Crippen LogP contribution is 2.26. The Hall–Kier alpha value is -2.11. The third-order valence-corrected chi connectivity index (χ3v) is 5.37. The molecule has 27 heavy (non-hydrogen) atoms. The molecule has 5 heteroatoms. The molecule has 144 valence electrons. The second-order valence-electron chi connectivity index (χ2n) is 6.90. The number of rotatable bonds is 8. The molecule has 0 aliphatic carbocycles. The maximum atomic E-state index is 5.49. The van der Waals surface area contributed by atoms with Crippen molar-refractivity contribution < 1.29 is 4.74 Å². The zero-order valence-electron chi connectivity index (χ0n) is 16.0. The molecule has 0 spiro atoms.